The maximum absolute atomic E-state index is 12.5. The molecule has 5 nitrogen and oxygen atoms in total. The molecule has 0 spiro atoms. The SMILES string of the molecule is CN(C)S(=O)(=O)c1ccccc1CNC(=O)c1ccc2c(c1)CCCC2. The van der Waals surface area contributed by atoms with Crippen molar-refractivity contribution in [2.45, 2.75) is 37.1 Å². The van der Waals surface area contributed by atoms with Gasteiger partial charge < -0.3 is 5.32 Å². The summed E-state index contributed by atoms with van der Waals surface area (Å²) < 4.78 is 26.1. The molecule has 1 aliphatic carbocycles. The first kappa shape index (κ1) is 18.6. The van der Waals surface area contributed by atoms with E-state index in [1.165, 1.54) is 35.9 Å². The summed E-state index contributed by atoms with van der Waals surface area (Å²) in [5.74, 6) is -0.185. The highest BCUT2D eigenvalue weighted by atomic mass is 32.2. The molecule has 2 aromatic rings. The standard InChI is InChI=1S/C20H24N2O3S/c1-22(2)26(24,25)19-10-6-5-9-18(19)14-21-20(23)17-12-11-15-7-3-4-8-16(15)13-17/h5-6,9-13H,3-4,7-8,14H2,1-2H3,(H,21,23). The lowest BCUT2D eigenvalue weighted by molar-refractivity contribution is 0.0950. The topological polar surface area (TPSA) is 66.5 Å². The summed E-state index contributed by atoms with van der Waals surface area (Å²) in [5.41, 5.74) is 3.78. The molecule has 26 heavy (non-hydrogen) atoms. The lowest BCUT2D eigenvalue weighted by atomic mass is 9.90. The molecule has 0 atom stereocenters. The second-order valence-electron chi connectivity index (χ2n) is 6.77. The van der Waals surface area contributed by atoms with Crippen LogP contribution in [0.2, 0.25) is 0 Å². The lowest BCUT2D eigenvalue weighted by Gasteiger charge is -2.17. The lowest BCUT2D eigenvalue weighted by Crippen LogP contribution is -2.27. The number of hydrogen-bond donors (Lipinski definition) is 1. The molecule has 1 N–H and O–H groups in total. The van der Waals surface area contributed by atoms with Gasteiger partial charge in [-0.2, -0.15) is 0 Å². The molecule has 1 aliphatic rings. The second-order valence-corrected chi connectivity index (χ2v) is 8.89. The van der Waals surface area contributed by atoms with E-state index in [4.69, 9.17) is 0 Å². The van der Waals surface area contributed by atoms with Gasteiger partial charge >= 0.3 is 0 Å². The molecule has 3 rings (SSSR count). The molecule has 0 radical (unpaired) electrons. The second kappa shape index (κ2) is 7.60. The van der Waals surface area contributed by atoms with Crippen molar-refractivity contribution < 1.29 is 13.2 Å². The third-order valence-corrected chi connectivity index (χ3v) is 6.70. The Morgan fingerprint density at radius 3 is 2.46 bits per heavy atom. The molecule has 0 aromatic heterocycles. The van der Waals surface area contributed by atoms with Crippen molar-refractivity contribution in [3.05, 3.63) is 64.7 Å². The van der Waals surface area contributed by atoms with E-state index in [1.54, 1.807) is 24.3 Å². The van der Waals surface area contributed by atoms with Gasteiger partial charge in [-0.3, -0.25) is 4.79 Å². The number of rotatable bonds is 5. The van der Waals surface area contributed by atoms with Gasteiger partial charge in [0.25, 0.3) is 5.91 Å². The van der Waals surface area contributed by atoms with Crippen LogP contribution in [0.25, 0.3) is 0 Å². The van der Waals surface area contributed by atoms with Crippen molar-refractivity contribution in [3.8, 4) is 0 Å². The third kappa shape index (κ3) is 3.81. The van der Waals surface area contributed by atoms with Crippen LogP contribution >= 0.6 is 0 Å². The number of carbonyl (C=O) groups is 1. The fourth-order valence-electron chi connectivity index (χ4n) is 3.25. The summed E-state index contributed by atoms with van der Waals surface area (Å²) in [5, 5.41) is 2.85. The van der Waals surface area contributed by atoms with Crippen LogP contribution in [0.15, 0.2) is 47.4 Å². The Labute approximate surface area is 155 Å². The molecule has 0 aliphatic heterocycles. The van der Waals surface area contributed by atoms with Crippen LogP contribution in [0.4, 0.5) is 0 Å². The number of nitrogens with zero attached hydrogens (tertiary/aromatic N) is 1. The van der Waals surface area contributed by atoms with Crippen molar-refractivity contribution >= 4 is 15.9 Å². The van der Waals surface area contributed by atoms with Crippen molar-refractivity contribution in [2.24, 2.45) is 0 Å². The van der Waals surface area contributed by atoms with Crippen LogP contribution in [0.3, 0.4) is 0 Å². The van der Waals surface area contributed by atoms with E-state index in [2.05, 4.69) is 5.32 Å². The van der Waals surface area contributed by atoms with Gasteiger partial charge in [-0.25, -0.2) is 12.7 Å². The van der Waals surface area contributed by atoms with Gasteiger partial charge in [-0.15, -0.1) is 0 Å². The maximum atomic E-state index is 12.5. The third-order valence-electron chi connectivity index (χ3n) is 4.78. The Hall–Kier alpha value is -2.18. The summed E-state index contributed by atoms with van der Waals surface area (Å²) in [7, 11) is -0.554. The number of carbonyl (C=O) groups excluding carboxylic acids is 1. The average molecular weight is 372 g/mol. The molecule has 0 saturated heterocycles. The van der Waals surface area contributed by atoms with Crippen molar-refractivity contribution in [1.82, 2.24) is 9.62 Å². The van der Waals surface area contributed by atoms with E-state index in [0.717, 1.165) is 19.3 Å². The van der Waals surface area contributed by atoms with Crippen LogP contribution in [-0.4, -0.2) is 32.7 Å². The fraction of sp³-hybridized carbons (Fsp3) is 0.350. The Balaban J connectivity index is 1.77. The minimum absolute atomic E-state index is 0.166. The van der Waals surface area contributed by atoms with Gasteiger partial charge in [-0.1, -0.05) is 24.3 Å². The Morgan fingerprint density at radius 2 is 1.73 bits per heavy atom. The van der Waals surface area contributed by atoms with E-state index in [-0.39, 0.29) is 17.3 Å². The van der Waals surface area contributed by atoms with Gasteiger partial charge in [0.05, 0.1) is 4.90 Å². The molecule has 138 valence electrons. The van der Waals surface area contributed by atoms with Crippen LogP contribution in [0.1, 0.15) is 39.9 Å². The Bertz CT molecular complexity index is 920. The largest absolute Gasteiger partial charge is 0.348 e. The van der Waals surface area contributed by atoms with Crippen LogP contribution in [0, 0.1) is 0 Å². The van der Waals surface area contributed by atoms with Crippen molar-refractivity contribution in [3.63, 3.8) is 0 Å². The quantitative estimate of drug-likeness (QED) is 0.878. The highest BCUT2D eigenvalue weighted by molar-refractivity contribution is 7.89. The first-order valence-corrected chi connectivity index (χ1v) is 10.2. The van der Waals surface area contributed by atoms with Crippen LogP contribution < -0.4 is 5.32 Å². The van der Waals surface area contributed by atoms with Crippen molar-refractivity contribution in [2.75, 3.05) is 14.1 Å². The average Bonchev–Trinajstić information content (AvgIpc) is 2.65. The number of hydrogen-bond acceptors (Lipinski definition) is 3. The minimum atomic E-state index is -3.55. The number of nitrogens with one attached hydrogen (secondary N) is 1. The number of sulfonamides is 1. The van der Waals surface area contributed by atoms with E-state index in [1.807, 2.05) is 18.2 Å². The van der Waals surface area contributed by atoms with Crippen LogP contribution in [-0.2, 0) is 29.4 Å². The van der Waals surface area contributed by atoms with Gasteiger partial charge in [-0.05, 0) is 60.6 Å². The molecule has 0 saturated carbocycles. The Morgan fingerprint density at radius 1 is 1.04 bits per heavy atom. The van der Waals surface area contributed by atoms with E-state index < -0.39 is 10.0 Å². The number of aryl methyl sites for hydroxylation is 2. The normalized spacial score (nSPS) is 14.1. The number of fused-ring (bicyclic) bond motifs is 1. The molecule has 0 heterocycles. The summed E-state index contributed by atoms with van der Waals surface area (Å²) in [6.07, 6.45) is 4.46. The summed E-state index contributed by atoms with van der Waals surface area (Å²) in [4.78, 5) is 12.7. The number of benzene rings is 2. The zero-order valence-corrected chi connectivity index (χ0v) is 16.0. The maximum Gasteiger partial charge on any atom is 0.251 e. The molecular formula is C20H24N2O3S. The molecule has 6 heteroatoms. The Kier molecular flexibility index (Phi) is 5.44. The first-order chi connectivity index (χ1) is 12.4. The summed E-state index contributed by atoms with van der Waals surface area (Å²) in [6, 6.07) is 12.6. The predicted octanol–water partition coefficient (Wildman–Crippen LogP) is 2.75. The summed E-state index contributed by atoms with van der Waals surface area (Å²) >= 11 is 0. The highest BCUT2D eigenvalue weighted by Gasteiger charge is 2.21. The molecular weight excluding hydrogens is 348 g/mol. The molecule has 2 aromatic carbocycles. The number of amides is 1. The van der Waals surface area contributed by atoms with Gasteiger partial charge in [0.1, 0.15) is 0 Å². The molecule has 0 unspecified atom stereocenters. The van der Waals surface area contributed by atoms with Gasteiger partial charge in [0, 0.05) is 26.2 Å². The monoisotopic (exact) mass is 372 g/mol. The zero-order chi connectivity index (χ0) is 18.7. The molecule has 0 fully saturated rings. The van der Waals surface area contributed by atoms with Gasteiger partial charge in [0.2, 0.25) is 10.0 Å². The molecule has 0 bridgehead atoms. The van der Waals surface area contributed by atoms with E-state index in [0.29, 0.717) is 11.1 Å². The first-order valence-electron chi connectivity index (χ1n) is 8.80. The van der Waals surface area contributed by atoms with Crippen LogP contribution in [0.5, 0.6) is 0 Å². The van der Waals surface area contributed by atoms with Crippen molar-refractivity contribution in [1.29, 1.82) is 0 Å². The van der Waals surface area contributed by atoms with E-state index >= 15 is 0 Å². The summed E-state index contributed by atoms with van der Waals surface area (Å²) in [6.45, 7) is 0.166. The highest BCUT2D eigenvalue weighted by Crippen LogP contribution is 2.22. The molecule has 1 amide bonds. The smallest absolute Gasteiger partial charge is 0.251 e. The van der Waals surface area contributed by atoms with E-state index in [9.17, 15) is 13.2 Å². The predicted molar refractivity (Wildman–Crippen MR) is 102 cm³/mol. The minimum Gasteiger partial charge on any atom is -0.348 e. The fourth-order valence-corrected chi connectivity index (χ4v) is 4.37. The van der Waals surface area contributed by atoms with Gasteiger partial charge in [0.15, 0.2) is 0 Å². The zero-order valence-electron chi connectivity index (χ0n) is 15.2.